The summed E-state index contributed by atoms with van der Waals surface area (Å²) in [5.74, 6) is 1.68. The number of hydrogen-bond donors (Lipinski definition) is 1. The van der Waals surface area contributed by atoms with Gasteiger partial charge in [0, 0.05) is 5.56 Å². The van der Waals surface area contributed by atoms with Gasteiger partial charge in [-0.25, -0.2) is 0 Å². The lowest BCUT2D eigenvalue weighted by Gasteiger charge is -2.53. The average molecular weight is 465 g/mol. The standard InChI is InChI=1S/C27H28O5S/c28-33(29,30)23-12-10-21(11-13-23)14-15-26-16-18-27(19-17-26,31-20-26)24-8-4-5-9-25(24)32-22-6-2-1-3-7-22/h1-13H,14-20H2,(H,28,29,30). The van der Waals surface area contributed by atoms with Crippen LogP contribution in [-0.4, -0.2) is 19.6 Å². The second kappa shape index (κ2) is 8.60. The minimum Gasteiger partial charge on any atom is -0.457 e. The van der Waals surface area contributed by atoms with Gasteiger partial charge in [-0.2, -0.15) is 8.42 Å². The Morgan fingerprint density at radius 3 is 2.15 bits per heavy atom. The van der Waals surface area contributed by atoms with Crippen LogP contribution in [0, 0.1) is 5.41 Å². The van der Waals surface area contributed by atoms with Crippen LogP contribution in [0.3, 0.4) is 0 Å². The Hall–Kier alpha value is -2.67. The third-order valence-corrected chi connectivity index (χ3v) is 8.16. The van der Waals surface area contributed by atoms with Crippen LogP contribution in [0.1, 0.15) is 43.2 Å². The van der Waals surface area contributed by atoms with Crippen molar-refractivity contribution in [2.45, 2.75) is 49.0 Å². The van der Waals surface area contributed by atoms with E-state index >= 15 is 0 Å². The molecule has 3 fully saturated rings. The molecular weight excluding hydrogens is 436 g/mol. The lowest BCUT2D eigenvalue weighted by atomic mass is 9.62. The molecule has 1 saturated carbocycles. The van der Waals surface area contributed by atoms with E-state index in [0.717, 1.165) is 67.8 Å². The molecule has 2 heterocycles. The zero-order valence-electron chi connectivity index (χ0n) is 18.4. The predicted molar refractivity (Wildman–Crippen MR) is 126 cm³/mol. The third kappa shape index (κ3) is 4.56. The zero-order valence-corrected chi connectivity index (χ0v) is 19.3. The van der Waals surface area contributed by atoms with Gasteiger partial charge in [0.15, 0.2) is 0 Å². The lowest BCUT2D eigenvalue weighted by Crippen LogP contribution is -2.49. The van der Waals surface area contributed by atoms with Crippen molar-refractivity contribution >= 4 is 10.1 Å². The van der Waals surface area contributed by atoms with Crippen molar-refractivity contribution in [3.05, 3.63) is 90.0 Å². The van der Waals surface area contributed by atoms with Crippen molar-refractivity contribution in [3.8, 4) is 11.5 Å². The lowest BCUT2D eigenvalue weighted by molar-refractivity contribution is -0.191. The normalized spacial score (nSPS) is 24.5. The van der Waals surface area contributed by atoms with E-state index in [-0.39, 0.29) is 15.9 Å². The van der Waals surface area contributed by atoms with E-state index in [4.69, 9.17) is 14.0 Å². The number of fused-ring (bicyclic) bond motifs is 3. The first-order valence-corrected chi connectivity index (χ1v) is 12.8. The molecule has 3 aromatic rings. The van der Waals surface area contributed by atoms with Gasteiger partial charge in [0.2, 0.25) is 0 Å². The summed E-state index contributed by atoms with van der Waals surface area (Å²) < 4.78 is 44.5. The zero-order chi connectivity index (χ0) is 22.9. The summed E-state index contributed by atoms with van der Waals surface area (Å²) in [6.45, 7) is 0.718. The number of hydrogen-bond acceptors (Lipinski definition) is 4. The maximum Gasteiger partial charge on any atom is 0.294 e. The minimum absolute atomic E-state index is 0.0655. The van der Waals surface area contributed by atoms with Crippen molar-refractivity contribution in [1.29, 1.82) is 0 Å². The van der Waals surface area contributed by atoms with E-state index in [0.29, 0.717) is 0 Å². The molecule has 2 bridgehead atoms. The molecule has 5 nitrogen and oxygen atoms in total. The Morgan fingerprint density at radius 2 is 1.52 bits per heavy atom. The molecule has 3 aromatic carbocycles. The van der Waals surface area contributed by atoms with Crippen molar-refractivity contribution < 1.29 is 22.4 Å². The highest BCUT2D eigenvalue weighted by Gasteiger charge is 2.51. The molecule has 0 atom stereocenters. The topological polar surface area (TPSA) is 72.8 Å². The fraction of sp³-hybridized carbons (Fsp3) is 0.333. The molecule has 33 heavy (non-hydrogen) atoms. The van der Waals surface area contributed by atoms with Crippen LogP contribution in [0.15, 0.2) is 83.8 Å². The fourth-order valence-electron chi connectivity index (χ4n) is 5.22. The van der Waals surface area contributed by atoms with Gasteiger partial charge in [-0.3, -0.25) is 4.55 Å². The molecule has 1 aliphatic carbocycles. The third-order valence-electron chi connectivity index (χ3n) is 7.29. The van der Waals surface area contributed by atoms with Gasteiger partial charge in [0.1, 0.15) is 11.5 Å². The van der Waals surface area contributed by atoms with Crippen LogP contribution in [-0.2, 0) is 26.9 Å². The summed E-state index contributed by atoms with van der Waals surface area (Å²) in [6, 6.07) is 24.6. The molecule has 0 aromatic heterocycles. The first kappa shape index (κ1) is 22.1. The van der Waals surface area contributed by atoms with Crippen LogP contribution < -0.4 is 4.74 Å². The van der Waals surface area contributed by atoms with E-state index in [9.17, 15) is 8.42 Å². The van der Waals surface area contributed by atoms with Crippen molar-refractivity contribution in [2.75, 3.05) is 6.61 Å². The molecular formula is C27H28O5S. The molecule has 2 aliphatic heterocycles. The maximum absolute atomic E-state index is 11.3. The first-order valence-electron chi connectivity index (χ1n) is 11.4. The molecule has 2 saturated heterocycles. The minimum atomic E-state index is -4.15. The molecule has 0 spiro atoms. The summed E-state index contributed by atoms with van der Waals surface area (Å²) in [4.78, 5) is -0.0655. The molecule has 172 valence electrons. The van der Waals surface area contributed by atoms with Gasteiger partial charge < -0.3 is 9.47 Å². The van der Waals surface area contributed by atoms with E-state index in [2.05, 4.69) is 12.1 Å². The first-order chi connectivity index (χ1) is 15.9. The highest BCUT2D eigenvalue weighted by Crippen LogP contribution is 2.56. The van der Waals surface area contributed by atoms with Crippen molar-refractivity contribution in [3.63, 3.8) is 0 Å². The van der Waals surface area contributed by atoms with Crippen LogP contribution in [0.25, 0.3) is 0 Å². The van der Waals surface area contributed by atoms with Crippen LogP contribution >= 0.6 is 0 Å². The Morgan fingerprint density at radius 1 is 0.848 bits per heavy atom. The SMILES string of the molecule is O=S(=O)(O)c1ccc(CCC23CCC(c4ccccc4Oc4ccccc4)(CC2)OC3)cc1. The molecule has 3 aliphatic rings. The Bertz CT molecular complexity index is 1190. The number of aryl methyl sites for hydroxylation is 1. The Labute approximate surface area is 195 Å². The molecule has 0 unspecified atom stereocenters. The average Bonchev–Trinajstić information content (AvgIpc) is 2.85. The fourth-order valence-corrected chi connectivity index (χ4v) is 5.70. The number of para-hydroxylation sites is 2. The highest BCUT2D eigenvalue weighted by molar-refractivity contribution is 7.85. The van der Waals surface area contributed by atoms with Crippen LogP contribution in [0.4, 0.5) is 0 Å². The summed E-state index contributed by atoms with van der Waals surface area (Å²) in [6.07, 6.45) is 5.96. The molecule has 6 rings (SSSR count). The highest BCUT2D eigenvalue weighted by atomic mass is 32.2. The van der Waals surface area contributed by atoms with E-state index < -0.39 is 10.1 Å². The van der Waals surface area contributed by atoms with Crippen molar-refractivity contribution in [2.24, 2.45) is 5.41 Å². The summed E-state index contributed by atoms with van der Waals surface area (Å²) in [5, 5.41) is 0. The van der Waals surface area contributed by atoms with Gasteiger partial charge in [-0.05, 0) is 79.8 Å². The smallest absolute Gasteiger partial charge is 0.294 e. The Balaban J connectivity index is 1.27. The van der Waals surface area contributed by atoms with Gasteiger partial charge >= 0.3 is 0 Å². The van der Waals surface area contributed by atoms with E-state index in [1.807, 2.05) is 42.5 Å². The molecule has 0 amide bonds. The molecule has 0 radical (unpaired) electrons. The Kier molecular flexibility index (Phi) is 5.77. The number of ether oxygens (including phenoxy) is 2. The quantitative estimate of drug-likeness (QED) is 0.425. The summed E-state index contributed by atoms with van der Waals surface area (Å²) >= 11 is 0. The monoisotopic (exact) mass is 464 g/mol. The number of rotatable bonds is 7. The predicted octanol–water partition coefficient (Wildman–Crippen LogP) is 6.14. The van der Waals surface area contributed by atoms with Gasteiger partial charge in [0.25, 0.3) is 10.1 Å². The van der Waals surface area contributed by atoms with E-state index in [1.54, 1.807) is 12.1 Å². The van der Waals surface area contributed by atoms with Gasteiger partial charge in [-0.1, -0.05) is 48.5 Å². The van der Waals surface area contributed by atoms with Crippen LogP contribution in [0.2, 0.25) is 0 Å². The van der Waals surface area contributed by atoms with E-state index in [1.165, 1.54) is 12.1 Å². The second-order valence-electron chi connectivity index (χ2n) is 9.31. The van der Waals surface area contributed by atoms with Gasteiger partial charge in [0.05, 0.1) is 17.1 Å². The molecule has 1 N–H and O–H groups in total. The summed E-state index contributed by atoms with van der Waals surface area (Å²) in [7, 11) is -4.15. The summed E-state index contributed by atoms with van der Waals surface area (Å²) in [5.41, 5.74) is 2.05. The van der Waals surface area contributed by atoms with Crippen molar-refractivity contribution in [1.82, 2.24) is 0 Å². The van der Waals surface area contributed by atoms with Crippen LogP contribution in [0.5, 0.6) is 11.5 Å². The maximum atomic E-state index is 11.3. The largest absolute Gasteiger partial charge is 0.457 e. The second-order valence-corrected chi connectivity index (χ2v) is 10.7. The number of benzene rings is 3. The van der Waals surface area contributed by atoms with Gasteiger partial charge in [-0.15, -0.1) is 0 Å². The molecule has 6 heteroatoms.